The molecule has 0 amide bonds. The van der Waals surface area contributed by atoms with Crippen LogP contribution >= 0.6 is 11.6 Å². The first kappa shape index (κ1) is 19.2. The number of carbonyl (C=O) groups excluding carboxylic acids is 1. The Bertz CT molecular complexity index is 560. The van der Waals surface area contributed by atoms with Crippen LogP contribution in [0.4, 0.5) is 4.39 Å². The Kier molecular flexibility index (Phi) is 6.50. The minimum absolute atomic E-state index is 0. The Hall–Kier alpha value is -0.170. The van der Waals surface area contributed by atoms with E-state index in [-0.39, 0.29) is 52.9 Å². The molecule has 2 fully saturated rings. The number of carbonyl (C=O) groups is 1. The van der Waals surface area contributed by atoms with Crippen LogP contribution in [-0.4, -0.2) is 24.2 Å². The van der Waals surface area contributed by atoms with Crippen LogP contribution in [0, 0.1) is 11.7 Å². The van der Waals surface area contributed by atoms with Gasteiger partial charge >= 0.3 is 29.6 Å². The number of halogens is 2. The van der Waals surface area contributed by atoms with Gasteiger partial charge in [0.15, 0.2) is 0 Å². The summed E-state index contributed by atoms with van der Waals surface area (Å²) in [5.41, 5.74) is 0.479. The molecule has 0 aromatic heterocycles. The summed E-state index contributed by atoms with van der Waals surface area (Å²) in [6.07, 6.45) is 2.69. The normalized spacial score (nSPS) is 29.7. The van der Waals surface area contributed by atoms with Gasteiger partial charge < -0.3 is 20.0 Å². The molecule has 3 rings (SSSR count). The molecule has 7 heteroatoms. The maximum Gasteiger partial charge on any atom is 1.00 e. The van der Waals surface area contributed by atoms with Crippen molar-refractivity contribution < 1.29 is 48.6 Å². The summed E-state index contributed by atoms with van der Waals surface area (Å²) in [6, 6.07) is 4.72. The van der Waals surface area contributed by atoms with Gasteiger partial charge in [0.1, 0.15) is 5.82 Å². The van der Waals surface area contributed by atoms with Gasteiger partial charge in [-0.15, -0.1) is 0 Å². The SMILES string of the molecule is O=C([O-])C1CC2(CC(NCc3cc(F)cc(Cl)c3)CCO2)C1.[Na+]. The van der Waals surface area contributed by atoms with Crippen LogP contribution < -0.4 is 40.0 Å². The van der Waals surface area contributed by atoms with Crippen LogP contribution in [-0.2, 0) is 16.1 Å². The summed E-state index contributed by atoms with van der Waals surface area (Å²) in [7, 11) is 0. The zero-order chi connectivity index (χ0) is 15.7. The Morgan fingerprint density at radius 2 is 2.13 bits per heavy atom. The van der Waals surface area contributed by atoms with Crippen molar-refractivity contribution in [2.75, 3.05) is 6.61 Å². The standard InChI is InChI=1S/C16H19ClFNO3.Na/c17-12-3-10(4-13(18)5-12)9-19-14-1-2-22-16(8-14)6-11(7-16)15(20)21;/h3-5,11,14,19H,1-2,6-9H2,(H,20,21);/q;+1/p-1. The van der Waals surface area contributed by atoms with E-state index >= 15 is 0 Å². The third kappa shape index (κ3) is 4.68. The summed E-state index contributed by atoms with van der Waals surface area (Å²) in [6.45, 7) is 1.14. The third-order valence-corrected chi connectivity index (χ3v) is 4.80. The average molecular weight is 350 g/mol. The minimum Gasteiger partial charge on any atom is -0.550 e. The van der Waals surface area contributed by atoms with Gasteiger partial charge in [-0.3, -0.25) is 0 Å². The summed E-state index contributed by atoms with van der Waals surface area (Å²) < 4.78 is 19.1. The molecule has 1 saturated carbocycles. The van der Waals surface area contributed by atoms with E-state index in [9.17, 15) is 14.3 Å². The van der Waals surface area contributed by atoms with E-state index in [4.69, 9.17) is 16.3 Å². The van der Waals surface area contributed by atoms with Crippen molar-refractivity contribution in [3.63, 3.8) is 0 Å². The number of aliphatic carboxylic acids is 1. The Morgan fingerprint density at radius 3 is 2.78 bits per heavy atom. The molecule has 1 atom stereocenters. The van der Waals surface area contributed by atoms with E-state index in [2.05, 4.69) is 5.32 Å². The molecule has 1 N–H and O–H groups in total. The van der Waals surface area contributed by atoms with Crippen LogP contribution in [0.25, 0.3) is 0 Å². The van der Waals surface area contributed by atoms with Gasteiger partial charge in [0.05, 0.1) is 5.60 Å². The van der Waals surface area contributed by atoms with Gasteiger partial charge in [0.2, 0.25) is 0 Å². The number of hydrogen-bond acceptors (Lipinski definition) is 4. The molecule has 120 valence electrons. The Labute approximate surface area is 162 Å². The molecule has 0 bridgehead atoms. The number of carboxylic acids is 1. The largest absolute Gasteiger partial charge is 1.00 e. The predicted molar refractivity (Wildman–Crippen MR) is 77.7 cm³/mol. The van der Waals surface area contributed by atoms with Crippen molar-refractivity contribution in [1.29, 1.82) is 0 Å². The number of ether oxygens (including phenoxy) is 1. The number of rotatable bonds is 4. The summed E-state index contributed by atoms with van der Waals surface area (Å²) in [5.74, 6) is -1.72. The Balaban J connectivity index is 0.00000192. The maximum absolute atomic E-state index is 13.3. The second kappa shape index (κ2) is 7.81. The fourth-order valence-electron chi connectivity index (χ4n) is 3.47. The topological polar surface area (TPSA) is 61.4 Å². The first-order chi connectivity index (χ1) is 10.5. The van der Waals surface area contributed by atoms with Crippen molar-refractivity contribution >= 4 is 17.6 Å². The molecule has 1 aliphatic carbocycles. The number of hydrogen-bond donors (Lipinski definition) is 1. The van der Waals surface area contributed by atoms with E-state index in [1.807, 2.05) is 0 Å². The third-order valence-electron chi connectivity index (χ3n) is 4.58. The molecule has 4 nitrogen and oxygen atoms in total. The molecule has 1 aromatic rings. The molecule has 1 unspecified atom stereocenters. The second-order valence-electron chi connectivity index (χ2n) is 6.30. The number of benzene rings is 1. The zero-order valence-corrected chi connectivity index (χ0v) is 15.9. The molecule has 1 spiro atoms. The Morgan fingerprint density at radius 1 is 1.39 bits per heavy atom. The van der Waals surface area contributed by atoms with Gasteiger partial charge in [-0.25, -0.2) is 4.39 Å². The molecular formula is C16H18ClFNNaO3. The first-order valence-corrected chi connectivity index (χ1v) is 7.87. The summed E-state index contributed by atoms with van der Waals surface area (Å²) in [5, 5.41) is 14.6. The van der Waals surface area contributed by atoms with E-state index < -0.39 is 5.97 Å². The molecule has 0 radical (unpaired) electrons. The van der Waals surface area contributed by atoms with Crippen molar-refractivity contribution in [3.8, 4) is 0 Å². The van der Waals surface area contributed by atoms with E-state index in [0.717, 1.165) is 18.4 Å². The van der Waals surface area contributed by atoms with E-state index in [0.29, 0.717) is 31.0 Å². The van der Waals surface area contributed by atoms with E-state index in [1.54, 1.807) is 6.07 Å². The molecular weight excluding hydrogens is 332 g/mol. The van der Waals surface area contributed by atoms with Crippen LogP contribution in [0.1, 0.15) is 31.2 Å². The summed E-state index contributed by atoms with van der Waals surface area (Å²) in [4.78, 5) is 10.8. The zero-order valence-electron chi connectivity index (χ0n) is 13.1. The van der Waals surface area contributed by atoms with Gasteiger partial charge in [0.25, 0.3) is 0 Å². The van der Waals surface area contributed by atoms with Crippen molar-refractivity contribution in [3.05, 3.63) is 34.6 Å². The van der Waals surface area contributed by atoms with Gasteiger partial charge in [-0.2, -0.15) is 0 Å². The van der Waals surface area contributed by atoms with Crippen LogP contribution in [0.15, 0.2) is 18.2 Å². The molecule has 1 heterocycles. The van der Waals surface area contributed by atoms with E-state index in [1.165, 1.54) is 12.1 Å². The van der Waals surface area contributed by atoms with Gasteiger partial charge in [-0.1, -0.05) is 11.6 Å². The maximum atomic E-state index is 13.3. The van der Waals surface area contributed by atoms with Gasteiger partial charge in [0, 0.05) is 36.1 Å². The van der Waals surface area contributed by atoms with Crippen LogP contribution in [0.2, 0.25) is 5.02 Å². The summed E-state index contributed by atoms with van der Waals surface area (Å²) >= 11 is 5.84. The van der Waals surface area contributed by atoms with Crippen LogP contribution in [0.3, 0.4) is 0 Å². The monoisotopic (exact) mass is 349 g/mol. The average Bonchev–Trinajstić information content (AvgIpc) is 2.41. The molecule has 2 aliphatic rings. The molecule has 1 aliphatic heterocycles. The first-order valence-electron chi connectivity index (χ1n) is 7.49. The van der Waals surface area contributed by atoms with Gasteiger partial charge in [-0.05, 0) is 49.4 Å². The number of carboxylic acid groups (broad SMARTS) is 1. The second-order valence-corrected chi connectivity index (χ2v) is 6.74. The fourth-order valence-corrected chi connectivity index (χ4v) is 3.71. The molecule has 1 aromatic carbocycles. The molecule has 23 heavy (non-hydrogen) atoms. The van der Waals surface area contributed by atoms with Crippen molar-refractivity contribution in [2.24, 2.45) is 5.92 Å². The quantitative estimate of drug-likeness (QED) is 0.683. The fraction of sp³-hybridized carbons (Fsp3) is 0.562. The van der Waals surface area contributed by atoms with Crippen LogP contribution in [0.5, 0.6) is 0 Å². The number of nitrogens with one attached hydrogen (secondary N) is 1. The molecule has 1 saturated heterocycles. The smallest absolute Gasteiger partial charge is 0.550 e. The minimum atomic E-state index is -0.987. The predicted octanol–water partition coefficient (Wildman–Crippen LogP) is -1.35. The van der Waals surface area contributed by atoms with Crippen molar-refractivity contribution in [1.82, 2.24) is 5.32 Å². The van der Waals surface area contributed by atoms with Crippen molar-refractivity contribution in [2.45, 2.75) is 43.9 Å².